The average Bonchev–Trinajstić information content (AvgIpc) is 2.37. The molecule has 5 rings (SSSR count). The van der Waals surface area contributed by atoms with Gasteiger partial charge in [-0.3, -0.25) is 0 Å². The molecule has 1 heteroatoms. The molecule has 0 nitrogen and oxygen atoms in total. The highest BCUT2D eigenvalue weighted by atomic mass is 79.9. The monoisotopic (exact) mass is 318 g/mol. The molecule has 4 fully saturated rings. The SMILES string of the molecule is BrC(CC12CC3CC(CC(C3)C1)C2)c1ccccc1. The molecule has 4 aliphatic rings. The Balaban J connectivity index is 1.53. The molecule has 0 radical (unpaired) electrons. The van der Waals surface area contributed by atoms with E-state index in [9.17, 15) is 0 Å². The van der Waals surface area contributed by atoms with Gasteiger partial charge in [0.05, 0.1) is 0 Å². The molecule has 0 aliphatic heterocycles. The molecule has 1 atom stereocenters. The Hall–Kier alpha value is -0.300. The molecule has 4 aliphatic carbocycles. The van der Waals surface area contributed by atoms with Crippen LogP contribution in [0.15, 0.2) is 30.3 Å². The van der Waals surface area contributed by atoms with Gasteiger partial charge in [0.25, 0.3) is 0 Å². The standard InChI is InChI=1S/C18H23Br/c19-17(16-4-2-1-3-5-16)12-18-9-13-6-14(10-18)8-15(7-13)11-18/h1-5,13-15,17H,6-12H2. The predicted octanol–water partition coefficient (Wildman–Crippen LogP) is 5.73. The number of hydrogen-bond acceptors (Lipinski definition) is 0. The van der Waals surface area contributed by atoms with Crippen molar-refractivity contribution >= 4 is 15.9 Å². The molecule has 0 heterocycles. The van der Waals surface area contributed by atoms with E-state index in [1.54, 1.807) is 19.3 Å². The third-order valence-corrected chi connectivity index (χ3v) is 6.79. The summed E-state index contributed by atoms with van der Waals surface area (Å²) < 4.78 is 0. The van der Waals surface area contributed by atoms with Crippen molar-refractivity contribution in [3.8, 4) is 0 Å². The van der Waals surface area contributed by atoms with E-state index in [1.165, 1.54) is 31.2 Å². The minimum absolute atomic E-state index is 0.560. The second kappa shape index (κ2) is 4.62. The molecule has 4 saturated carbocycles. The molecule has 0 saturated heterocycles. The number of alkyl halides is 1. The molecule has 0 N–H and O–H groups in total. The zero-order chi connectivity index (χ0) is 12.9. The normalized spacial score (nSPS) is 41.4. The Morgan fingerprint density at radius 1 is 0.947 bits per heavy atom. The van der Waals surface area contributed by atoms with Gasteiger partial charge in [-0.1, -0.05) is 46.3 Å². The Bertz CT molecular complexity index is 415. The van der Waals surface area contributed by atoms with Gasteiger partial charge < -0.3 is 0 Å². The third-order valence-electron chi connectivity index (χ3n) is 5.94. The van der Waals surface area contributed by atoms with E-state index < -0.39 is 0 Å². The molecule has 0 aromatic heterocycles. The molecule has 4 bridgehead atoms. The van der Waals surface area contributed by atoms with Crippen molar-refractivity contribution in [1.82, 2.24) is 0 Å². The van der Waals surface area contributed by atoms with Crippen LogP contribution in [0.1, 0.15) is 55.3 Å². The lowest BCUT2D eigenvalue weighted by Gasteiger charge is -2.57. The zero-order valence-electron chi connectivity index (χ0n) is 11.5. The van der Waals surface area contributed by atoms with Gasteiger partial charge in [0, 0.05) is 4.83 Å². The fraction of sp³-hybridized carbons (Fsp3) is 0.667. The van der Waals surface area contributed by atoms with Gasteiger partial charge in [-0.15, -0.1) is 0 Å². The first-order valence-electron chi connectivity index (χ1n) is 7.91. The smallest absolute Gasteiger partial charge is 0.0400 e. The quantitative estimate of drug-likeness (QED) is 0.624. The summed E-state index contributed by atoms with van der Waals surface area (Å²) in [4.78, 5) is 0.560. The molecule has 102 valence electrons. The van der Waals surface area contributed by atoms with E-state index in [0.717, 1.165) is 17.8 Å². The van der Waals surface area contributed by atoms with Crippen molar-refractivity contribution in [2.45, 2.75) is 49.8 Å². The van der Waals surface area contributed by atoms with Crippen molar-refractivity contribution in [1.29, 1.82) is 0 Å². The maximum absolute atomic E-state index is 3.98. The van der Waals surface area contributed by atoms with E-state index in [0.29, 0.717) is 10.2 Å². The largest absolute Gasteiger partial charge is 0.0839 e. The number of benzene rings is 1. The topological polar surface area (TPSA) is 0 Å². The average molecular weight is 319 g/mol. The fourth-order valence-electron chi connectivity index (χ4n) is 5.70. The van der Waals surface area contributed by atoms with Crippen LogP contribution in [0.4, 0.5) is 0 Å². The van der Waals surface area contributed by atoms with Crippen LogP contribution in [-0.2, 0) is 0 Å². The summed E-state index contributed by atoms with van der Waals surface area (Å²) in [5.41, 5.74) is 2.15. The molecular weight excluding hydrogens is 296 g/mol. The van der Waals surface area contributed by atoms with E-state index >= 15 is 0 Å². The Kier molecular flexibility index (Phi) is 3.02. The van der Waals surface area contributed by atoms with E-state index in [1.807, 2.05) is 0 Å². The molecular formula is C18H23Br. The Morgan fingerprint density at radius 2 is 1.47 bits per heavy atom. The van der Waals surface area contributed by atoms with E-state index in [2.05, 4.69) is 46.3 Å². The van der Waals surface area contributed by atoms with Crippen LogP contribution in [0, 0.1) is 23.2 Å². The molecule has 1 aromatic rings. The minimum Gasteiger partial charge on any atom is -0.0839 e. The first-order chi connectivity index (χ1) is 9.22. The highest BCUT2D eigenvalue weighted by Crippen LogP contribution is 2.63. The van der Waals surface area contributed by atoms with Crippen molar-refractivity contribution in [3.63, 3.8) is 0 Å². The number of rotatable bonds is 3. The summed E-state index contributed by atoms with van der Waals surface area (Å²) >= 11 is 3.98. The van der Waals surface area contributed by atoms with Crippen molar-refractivity contribution in [2.75, 3.05) is 0 Å². The predicted molar refractivity (Wildman–Crippen MR) is 83.3 cm³/mol. The summed E-state index contributed by atoms with van der Waals surface area (Å²) in [5.74, 6) is 3.21. The van der Waals surface area contributed by atoms with Gasteiger partial charge in [0.1, 0.15) is 0 Å². The molecule has 1 unspecified atom stereocenters. The van der Waals surface area contributed by atoms with Gasteiger partial charge in [-0.05, 0) is 73.7 Å². The van der Waals surface area contributed by atoms with Crippen molar-refractivity contribution in [2.24, 2.45) is 23.2 Å². The van der Waals surface area contributed by atoms with E-state index in [-0.39, 0.29) is 0 Å². The third kappa shape index (κ3) is 2.28. The maximum Gasteiger partial charge on any atom is 0.0400 e. The highest BCUT2D eigenvalue weighted by Gasteiger charge is 2.51. The minimum atomic E-state index is 0.560. The van der Waals surface area contributed by atoms with Crippen LogP contribution in [0.5, 0.6) is 0 Å². The van der Waals surface area contributed by atoms with Gasteiger partial charge in [-0.25, -0.2) is 0 Å². The first kappa shape index (κ1) is 12.4. The second-order valence-corrected chi connectivity index (χ2v) is 8.61. The lowest BCUT2D eigenvalue weighted by molar-refractivity contribution is -0.0571. The van der Waals surface area contributed by atoms with Gasteiger partial charge in [-0.2, -0.15) is 0 Å². The van der Waals surface area contributed by atoms with Crippen LogP contribution < -0.4 is 0 Å². The molecule has 0 spiro atoms. The maximum atomic E-state index is 3.98. The highest BCUT2D eigenvalue weighted by molar-refractivity contribution is 9.09. The summed E-state index contributed by atoms with van der Waals surface area (Å²) in [6.45, 7) is 0. The van der Waals surface area contributed by atoms with Gasteiger partial charge >= 0.3 is 0 Å². The van der Waals surface area contributed by atoms with Crippen LogP contribution in [0.25, 0.3) is 0 Å². The number of hydrogen-bond donors (Lipinski definition) is 0. The first-order valence-corrected chi connectivity index (χ1v) is 8.83. The van der Waals surface area contributed by atoms with Crippen molar-refractivity contribution in [3.05, 3.63) is 35.9 Å². The van der Waals surface area contributed by atoms with Crippen molar-refractivity contribution < 1.29 is 0 Å². The van der Waals surface area contributed by atoms with Crippen LogP contribution in [-0.4, -0.2) is 0 Å². The van der Waals surface area contributed by atoms with Gasteiger partial charge in [0.15, 0.2) is 0 Å². The lowest BCUT2D eigenvalue weighted by Crippen LogP contribution is -2.46. The fourth-order valence-corrected chi connectivity index (χ4v) is 6.69. The summed E-state index contributed by atoms with van der Waals surface area (Å²) in [7, 11) is 0. The molecule has 19 heavy (non-hydrogen) atoms. The lowest BCUT2D eigenvalue weighted by atomic mass is 9.48. The summed E-state index contributed by atoms with van der Waals surface area (Å²) in [6, 6.07) is 11.0. The molecule has 0 amide bonds. The zero-order valence-corrected chi connectivity index (χ0v) is 13.1. The van der Waals surface area contributed by atoms with E-state index in [4.69, 9.17) is 0 Å². The Morgan fingerprint density at radius 3 is 2.00 bits per heavy atom. The second-order valence-electron chi connectivity index (χ2n) is 7.50. The number of halogens is 1. The van der Waals surface area contributed by atoms with Crippen LogP contribution in [0.2, 0.25) is 0 Å². The van der Waals surface area contributed by atoms with Crippen LogP contribution >= 0.6 is 15.9 Å². The van der Waals surface area contributed by atoms with Gasteiger partial charge in [0.2, 0.25) is 0 Å². The summed E-state index contributed by atoms with van der Waals surface area (Å²) in [6.07, 6.45) is 10.6. The Labute approximate surface area is 125 Å². The molecule has 1 aromatic carbocycles. The van der Waals surface area contributed by atoms with Crippen LogP contribution in [0.3, 0.4) is 0 Å². The summed E-state index contributed by atoms with van der Waals surface area (Å²) in [5, 5.41) is 0.